The van der Waals surface area contributed by atoms with E-state index in [1.807, 2.05) is 84.9 Å². The minimum atomic E-state index is -0.406. The lowest BCUT2D eigenvalue weighted by molar-refractivity contribution is -0.142. The van der Waals surface area contributed by atoms with E-state index in [-0.39, 0.29) is 79.9 Å². The lowest BCUT2D eigenvalue weighted by Crippen LogP contribution is -2.26. The van der Waals surface area contributed by atoms with E-state index in [0.717, 1.165) is 61.2 Å². The number of nitrogens with zero attached hydrogens (tertiary/aromatic N) is 1. The van der Waals surface area contributed by atoms with Crippen LogP contribution in [0.5, 0.6) is 0 Å². The number of hydrogen-bond donors (Lipinski definition) is 2. The Labute approximate surface area is 356 Å². The second kappa shape index (κ2) is 19.9. The van der Waals surface area contributed by atoms with E-state index in [4.69, 9.17) is 9.47 Å². The molecule has 15 heteroatoms. The molecular weight excluding hydrogens is 807 g/mol. The van der Waals surface area contributed by atoms with Gasteiger partial charge in [0.05, 0.1) is 12.4 Å². The van der Waals surface area contributed by atoms with E-state index in [9.17, 15) is 33.6 Å². The molecule has 13 nitrogen and oxygen atoms in total. The number of anilines is 2. The van der Waals surface area contributed by atoms with Crippen LogP contribution in [0.15, 0.2) is 84.9 Å². The van der Waals surface area contributed by atoms with E-state index in [2.05, 4.69) is 15.4 Å². The van der Waals surface area contributed by atoms with E-state index in [1.54, 1.807) is 0 Å². The van der Waals surface area contributed by atoms with Crippen molar-refractivity contribution in [3.63, 3.8) is 0 Å². The lowest BCUT2D eigenvalue weighted by atomic mass is 9.97. The van der Waals surface area contributed by atoms with Gasteiger partial charge < -0.3 is 24.8 Å². The fourth-order valence-corrected chi connectivity index (χ4v) is 9.14. The maximum absolute atomic E-state index is 12.5. The number of fused-ring (bicyclic) bond motifs is 6. The van der Waals surface area contributed by atoms with Crippen molar-refractivity contribution in [1.29, 1.82) is 0 Å². The topological polar surface area (TPSA) is 174 Å². The van der Waals surface area contributed by atoms with Crippen molar-refractivity contribution in [1.82, 2.24) is 4.90 Å². The highest BCUT2D eigenvalue weighted by molar-refractivity contribution is 8.13. The Bertz CT molecular complexity index is 2330. The van der Waals surface area contributed by atoms with Crippen molar-refractivity contribution in [2.24, 2.45) is 0 Å². The molecule has 0 radical (unpaired) electrons. The molecule has 2 N–H and O–H groups in total. The Morgan fingerprint density at radius 3 is 1.58 bits per heavy atom. The molecule has 3 atom stereocenters. The first kappa shape index (κ1) is 43.6. The summed E-state index contributed by atoms with van der Waals surface area (Å²) in [6, 6.07) is 27.6. The van der Waals surface area contributed by atoms with E-state index in [0.29, 0.717) is 22.9 Å². The summed E-state index contributed by atoms with van der Waals surface area (Å²) in [5.41, 5.74) is 9.95. The highest BCUT2D eigenvalue weighted by Gasteiger charge is 2.36. The molecule has 3 aliphatic rings. The van der Waals surface area contributed by atoms with Crippen LogP contribution >= 0.6 is 23.5 Å². The fraction of sp³-hybridized carbons (Fsp3) is 0.311. The van der Waals surface area contributed by atoms with Crippen LogP contribution in [0, 0.1) is 0 Å². The van der Waals surface area contributed by atoms with Crippen LogP contribution < -0.4 is 10.6 Å². The van der Waals surface area contributed by atoms with Gasteiger partial charge in [-0.15, -0.1) is 11.8 Å². The predicted molar refractivity (Wildman–Crippen MR) is 231 cm³/mol. The van der Waals surface area contributed by atoms with Crippen LogP contribution in [0.25, 0.3) is 22.3 Å². The third kappa shape index (κ3) is 10.4. The fourth-order valence-electron chi connectivity index (χ4n) is 7.41. The number of hydrogen-bond acceptors (Lipinski definition) is 12. The van der Waals surface area contributed by atoms with Gasteiger partial charge in [0.25, 0.3) is 0 Å². The minimum absolute atomic E-state index is 0.0677. The van der Waals surface area contributed by atoms with E-state index < -0.39 is 10.6 Å². The van der Waals surface area contributed by atoms with Crippen LogP contribution in [0.3, 0.4) is 0 Å². The molecule has 7 rings (SSSR count). The summed E-state index contributed by atoms with van der Waals surface area (Å²) in [4.78, 5) is 83.1. The van der Waals surface area contributed by atoms with Crippen LogP contribution in [0.1, 0.15) is 67.2 Å². The summed E-state index contributed by atoms with van der Waals surface area (Å²) in [7, 11) is 2.79. The molecule has 312 valence electrons. The van der Waals surface area contributed by atoms with Gasteiger partial charge in [-0.1, -0.05) is 60.7 Å². The van der Waals surface area contributed by atoms with Crippen molar-refractivity contribution in [2.45, 2.75) is 50.2 Å². The Hall–Kier alpha value is -5.93. The third-order valence-electron chi connectivity index (χ3n) is 10.3. The molecule has 1 saturated heterocycles. The second-order valence-corrected chi connectivity index (χ2v) is 16.6. The minimum Gasteiger partial charge on any atom is -0.465 e. The van der Waals surface area contributed by atoms with Gasteiger partial charge in [-0.3, -0.25) is 33.7 Å². The van der Waals surface area contributed by atoms with Crippen molar-refractivity contribution in [3.05, 3.63) is 107 Å². The lowest BCUT2D eigenvalue weighted by Gasteiger charge is -2.14. The maximum Gasteiger partial charge on any atom is 0.367 e. The SMILES string of the molecule is CC(=O)OCC1c2ccccc2-c2ccc(NC(=O)CCSC3CC(=O)N(C)C3=O)cc21.COC(=O)SCCC(=O)Nc1ccc2c(c1)C(COC(C)=O)c1ccccc1-2. The van der Waals surface area contributed by atoms with E-state index in [1.165, 1.54) is 39.8 Å². The Morgan fingerprint density at radius 1 is 0.667 bits per heavy atom. The predicted octanol–water partition coefficient (Wildman–Crippen LogP) is 7.37. The number of likely N-dealkylation sites (tertiary alicyclic amines) is 1. The number of rotatable bonds is 13. The quantitative estimate of drug-likeness (QED) is 0.0778. The number of imide groups is 1. The molecule has 2 aliphatic carbocycles. The number of nitrogens with one attached hydrogen (secondary N) is 2. The molecule has 4 aromatic carbocycles. The second-order valence-electron chi connectivity index (χ2n) is 14.2. The molecule has 4 amide bonds. The number of amides is 4. The highest BCUT2D eigenvalue weighted by Crippen LogP contribution is 2.47. The summed E-state index contributed by atoms with van der Waals surface area (Å²) in [6.07, 6.45) is 0.630. The molecule has 1 heterocycles. The average Bonchev–Trinajstić information content (AvgIpc) is 3.80. The summed E-state index contributed by atoms with van der Waals surface area (Å²) in [6.45, 7) is 3.29. The maximum atomic E-state index is 12.5. The number of carbonyl (C=O) groups excluding carboxylic acids is 7. The molecule has 4 aromatic rings. The molecule has 1 fully saturated rings. The number of thioether (sulfide) groups is 2. The smallest absolute Gasteiger partial charge is 0.367 e. The van der Waals surface area contributed by atoms with Gasteiger partial charge in [-0.05, 0) is 80.5 Å². The zero-order valence-electron chi connectivity index (χ0n) is 33.6. The summed E-state index contributed by atoms with van der Waals surface area (Å²) in [5, 5.41) is 4.97. The third-order valence-corrected chi connectivity index (χ3v) is 12.3. The van der Waals surface area contributed by atoms with Crippen LogP contribution in [-0.4, -0.2) is 89.9 Å². The Kier molecular flexibility index (Phi) is 14.5. The number of carbonyl (C=O) groups is 7. The number of esters is 2. The first-order valence-electron chi connectivity index (χ1n) is 19.3. The van der Waals surface area contributed by atoms with E-state index >= 15 is 0 Å². The number of ether oxygens (including phenoxy) is 3. The average molecular weight is 852 g/mol. The number of benzene rings is 4. The Morgan fingerprint density at radius 2 is 1.13 bits per heavy atom. The summed E-state index contributed by atoms with van der Waals surface area (Å²) < 4.78 is 15.1. The molecule has 3 unspecified atom stereocenters. The van der Waals surface area contributed by atoms with Crippen molar-refractivity contribution in [2.75, 3.05) is 49.5 Å². The van der Waals surface area contributed by atoms with Gasteiger partial charge in [0.1, 0.15) is 13.2 Å². The van der Waals surface area contributed by atoms with Gasteiger partial charge in [-0.25, -0.2) is 4.79 Å². The van der Waals surface area contributed by atoms with Gasteiger partial charge in [0, 0.05) is 74.9 Å². The van der Waals surface area contributed by atoms with Gasteiger partial charge in [0.2, 0.25) is 23.6 Å². The monoisotopic (exact) mass is 851 g/mol. The van der Waals surface area contributed by atoms with Crippen molar-refractivity contribution >= 4 is 75.8 Å². The van der Waals surface area contributed by atoms with Crippen LogP contribution in [0.4, 0.5) is 16.2 Å². The zero-order chi connectivity index (χ0) is 42.9. The Balaban J connectivity index is 0.000000203. The normalized spacial score (nSPS) is 16.7. The first-order valence-corrected chi connectivity index (χ1v) is 21.3. The number of methoxy groups -OCH3 is 1. The summed E-state index contributed by atoms with van der Waals surface area (Å²) in [5.74, 6) is -0.708. The molecule has 0 aromatic heterocycles. The van der Waals surface area contributed by atoms with Gasteiger partial charge in [-0.2, -0.15) is 0 Å². The highest BCUT2D eigenvalue weighted by atomic mass is 32.2. The molecular formula is C45H45N3O10S2. The largest absolute Gasteiger partial charge is 0.465 e. The molecule has 0 spiro atoms. The van der Waals surface area contributed by atoms with Gasteiger partial charge in [0.15, 0.2) is 0 Å². The van der Waals surface area contributed by atoms with Crippen molar-refractivity contribution < 1.29 is 47.8 Å². The molecule has 0 saturated carbocycles. The molecule has 60 heavy (non-hydrogen) atoms. The summed E-state index contributed by atoms with van der Waals surface area (Å²) >= 11 is 2.30. The van der Waals surface area contributed by atoms with Crippen molar-refractivity contribution in [3.8, 4) is 22.3 Å². The zero-order valence-corrected chi connectivity index (χ0v) is 35.2. The molecule has 1 aliphatic heterocycles. The molecule has 0 bridgehead atoms. The standard InChI is InChI=1S/C24H24N2O5S.C21H21NO5S/c1-14(27)31-13-20-17-6-4-3-5-16(17)18-8-7-15(11-19(18)20)25-22(28)9-10-32-21-12-23(29)26(2)24(21)30;1-13(23)27-12-19-16-6-4-3-5-15(16)17-8-7-14(11-18(17)19)22-20(24)9-10-28-21(25)26-2/h3-8,11,20-21H,9-10,12-13H2,1-2H3,(H,25,28);3-8,11,19H,9-10,12H2,1-2H3,(H,22,24). The first-order chi connectivity index (χ1) is 28.8. The van der Waals surface area contributed by atoms with Crippen LogP contribution in [-0.2, 0) is 43.0 Å². The van der Waals surface area contributed by atoms with Gasteiger partial charge >= 0.3 is 17.2 Å². The van der Waals surface area contributed by atoms with Crippen LogP contribution in [0.2, 0.25) is 0 Å².